The van der Waals surface area contributed by atoms with Gasteiger partial charge in [-0.15, -0.1) is 0 Å². The summed E-state index contributed by atoms with van der Waals surface area (Å²) >= 11 is 0. The molecule has 0 saturated carbocycles. The first kappa shape index (κ1) is 10.2. The van der Waals surface area contributed by atoms with E-state index in [0.29, 0.717) is 0 Å². The Hall–Kier alpha value is -0.790. The zero-order chi connectivity index (χ0) is 7.56. The molecule has 11 heavy (non-hydrogen) atoms. The number of hydrogen-bond acceptors (Lipinski definition) is 2. The lowest BCUT2D eigenvalue weighted by Gasteiger charge is -2.16. The minimum atomic E-state index is 0. The van der Waals surface area contributed by atoms with Crippen LogP contribution < -0.4 is 5.32 Å². The SMILES string of the molecule is C.CCC1=NCNC(C)=C1C. The van der Waals surface area contributed by atoms with Gasteiger partial charge in [-0.3, -0.25) is 4.99 Å². The first-order chi connectivity index (χ1) is 4.75. The van der Waals surface area contributed by atoms with Gasteiger partial charge in [0.1, 0.15) is 6.67 Å². The first-order valence-electron chi connectivity index (χ1n) is 3.70. The quantitative estimate of drug-likeness (QED) is 0.616. The minimum absolute atomic E-state index is 0. The van der Waals surface area contributed by atoms with Crippen molar-refractivity contribution >= 4 is 5.71 Å². The molecule has 1 rings (SSSR count). The number of aliphatic imine (C=N–C) groups is 1. The number of nitrogens with zero attached hydrogens (tertiary/aromatic N) is 1. The molecule has 0 bridgehead atoms. The molecule has 0 atom stereocenters. The van der Waals surface area contributed by atoms with Gasteiger partial charge in [-0.25, -0.2) is 0 Å². The van der Waals surface area contributed by atoms with Crippen LogP contribution in [0.4, 0.5) is 0 Å². The summed E-state index contributed by atoms with van der Waals surface area (Å²) in [6.45, 7) is 7.11. The van der Waals surface area contributed by atoms with Gasteiger partial charge in [-0.05, 0) is 25.8 Å². The molecule has 64 valence electrons. The van der Waals surface area contributed by atoms with Crippen LogP contribution >= 0.6 is 0 Å². The van der Waals surface area contributed by atoms with Gasteiger partial charge in [0.2, 0.25) is 0 Å². The second-order valence-electron chi connectivity index (χ2n) is 2.54. The Bertz CT molecular complexity index is 190. The van der Waals surface area contributed by atoms with Crippen molar-refractivity contribution in [2.45, 2.75) is 34.6 Å². The fourth-order valence-electron chi connectivity index (χ4n) is 1.10. The molecular weight excluding hydrogens is 136 g/mol. The Morgan fingerprint density at radius 3 is 2.55 bits per heavy atom. The summed E-state index contributed by atoms with van der Waals surface area (Å²) in [5.41, 5.74) is 3.83. The minimum Gasteiger partial charge on any atom is -0.370 e. The lowest BCUT2D eigenvalue weighted by Crippen LogP contribution is -2.21. The average molecular weight is 154 g/mol. The van der Waals surface area contributed by atoms with Crippen LogP contribution in [0.3, 0.4) is 0 Å². The van der Waals surface area contributed by atoms with Gasteiger partial charge in [0.25, 0.3) is 0 Å². The number of hydrogen-bond donors (Lipinski definition) is 1. The van der Waals surface area contributed by atoms with Crippen molar-refractivity contribution in [3.05, 3.63) is 11.3 Å². The van der Waals surface area contributed by atoms with E-state index in [4.69, 9.17) is 0 Å². The van der Waals surface area contributed by atoms with Crippen LogP contribution in [-0.2, 0) is 0 Å². The third kappa shape index (κ3) is 2.07. The molecule has 0 aliphatic carbocycles. The summed E-state index contributed by atoms with van der Waals surface area (Å²) in [6.07, 6.45) is 1.05. The monoisotopic (exact) mass is 154 g/mol. The van der Waals surface area contributed by atoms with E-state index in [2.05, 4.69) is 31.1 Å². The van der Waals surface area contributed by atoms with E-state index in [-0.39, 0.29) is 7.43 Å². The molecule has 0 aromatic rings. The van der Waals surface area contributed by atoms with E-state index >= 15 is 0 Å². The molecule has 0 fully saturated rings. The highest BCUT2D eigenvalue weighted by molar-refractivity contribution is 6.00. The molecule has 1 N–H and O–H groups in total. The molecule has 0 aromatic heterocycles. The van der Waals surface area contributed by atoms with Crippen LogP contribution in [0.25, 0.3) is 0 Å². The van der Waals surface area contributed by atoms with E-state index < -0.39 is 0 Å². The predicted molar refractivity (Wildman–Crippen MR) is 50.8 cm³/mol. The molecule has 0 saturated heterocycles. The second-order valence-corrected chi connectivity index (χ2v) is 2.54. The normalized spacial score (nSPS) is 16.8. The van der Waals surface area contributed by atoms with Crippen LogP contribution in [0.2, 0.25) is 0 Å². The van der Waals surface area contributed by atoms with Crippen molar-refractivity contribution in [2.24, 2.45) is 4.99 Å². The highest BCUT2D eigenvalue weighted by Gasteiger charge is 2.06. The zero-order valence-electron chi connectivity index (χ0n) is 6.86. The molecule has 0 spiro atoms. The maximum atomic E-state index is 4.33. The summed E-state index contributed by atoms with van der Waals surface area (Å²) in [5.74, 6) is 0. The van der Waals surface area contributed by atoms with Gasteiger partial charge < -0.3 is 5.32 Å². The molecule has 1 heterocycles. The summed E-state index contributed by atoms with van der Waals surface area (Å²) in [6, 6.07) is 0. The van der Waals surface area contributed by atoms with Gasteiger partial charge in [0.05, 0.1) is 0 Å². The van der Waals surface area contributed by atoms with Gasteiger partial charge in [-0.1, -0.05) is 14.4 Å². The fourth-order valence-corrected chi connectivity index (χ4v) is 1.10. The molecular formula is C9H18N2. The Kier molecular flexibility index (Phi) is 3.86. The zero-order valence-corrected chi connectivity index (χ0v) is 6.86. The Balaban J connectivity index is 0.000001000. The smallest absolute Gasteiger partial charge is 0.107 e. The Morgan fingerprint density at radius 1 is 1.45 bits per heavy atom. The van der Waals surface area contributed by atoms with Crippen LogP contribution in [0.5, 0.6) is 0 Å². The Labute approximate surface area is 69.4 Å². The number of nitrogens with one attached hydrogen (secondary N) is 1. The lowest BCUT2D eigenvalue weighted by atomic mass is 10.1. The standard InChI is InChI=1S/C8H14N2.CH4/c1-4-8-6(2)7(3)9-5-10-8;/h9H,4-5H2,1-3H3;1H4. The third-order valence-electron chi connectivity index (χ3n) is 1.94. The van der Waals surface area contributed by atoms with Crippen molar-refractivity contribution in [1.82, 2.24) is 5.32 Å². The van der Waals surface area contributed by atoms with Gasteiger partial charge in [-0.2, -0.15) is 0 Å². The van der Waals surface area contributed by atoms with Gasteiger partial charge in [0.15, 0.2) is 0 Å². The number of allylic oxidation sites excluding steroid dienone is 2. The molecule has 1 aliphatic rings. The summed E-state index contributed by atoms with van der Waals surface area (Å²) in [5, 5.41) is 3.19. The van der Waals surface area contributed by atoms with Crippen molar-refractivity contribution in [1.29, 1.82) is 0 Å². The molecule has 0 aromatic carbocycles. The maximum Gasteiger partial charge on any atom is 0.107 e. The fraction of sp³-hybridized carbons (Fsp3) is 0.667. The summed E-state index contributed by atoms with van der Waals surface area (Å²) in [4.78, 5) is 4.33. The maximum absolute atomic E-state index is 4.33. The number of rotatable bonds is 1. The lowest BCUT2D eigenvalue weighted by molar-refractivity contribution is 0.797. The topological polar surface area (TPSA) is 24.4 Å². The van der Waals surface area contributed by atoms with Crippen LogP contribution in [0.15, 0.2) is 16.3 Å². The van der Waals surface area contributed by atoms with Crippen LogP contribution in [0, 0.1) is 0 Å². The van der Waals surface area contributed by atoms with Crippen LogP contribution in [0.1, 0.15) is 34.6 Å². The highest BCUT2D eigenvalue weighted by atomic mass is 15.0. The molecule has 1 aliphatic heterocycles. The summed E-state index contributed by atoms with van der Waals surface area (Å²) < 4.78 is 0. The molecule has 0 unspecified atom stereocenters. The van der Waals surface area contributed by atoms with Gasteiger partial charge in [0, 0.05) is 11.4 Å². The average Bonchev–Trinajstić information content (AvgIpc) is 1.95. The second kappa shape index (κ2) is 4.16. The van der Waals surface area contributed by atoms with E-state index in [9.17, 15) is 0 Å². The van der Waals surface area contributed by atoms with Crippen molar-refractivity contribution in [3.63, 3.8) is 0 Å². The summed E-state index contributed by atoms with van der Waals surface area (Å²) in [7, 11) is 0. The van der Waals surface area contributed by atoms with E-state index in [0.717, 1.165) is 13.1 Å². The predicted octanol–water partition coefficient (Wildman–Crippen LogP) is 2.33. The van der Waals surface area contributed by atoms with Crippen molar-refractivity contribution in [2.75, 3.05) is 6.67 Å². The van der Waals surface area contributed by atoms with Crippen LogP contribution in [-0.4, -0.2) is 12.4 Å². The van der Waals surface area contributed by atoms with E-state index in [1.54, 1.807) is 0 Å². The highest BCUT2D eigenvalue weighted by Crippen LogP contribution is 2.09. The molecule has 0 radical (unpaired) electrons. The van der Waals surface area contributed by atoms with Crippen molar-refractivity contribution in [3.8, 4) is 0 Å². The van der Waals surface area contributed by atoms with E-state index in [1.807, 2.05) is 0 Å². The Morgan fingerprint density at radius 2 is 2.09 bits per heavy atom. The third-order valence-corrected chi connectivity index (χ3v) is 1.94. The van der Waals surface area contributed by atoms with E-state index in [1.165, 1.54) is 17.0 Å². The van der Waals surface area contributed by atoms with Crippen molar-refractivity contribution < 1.29 is 0 Å². The largest absolute Gasteiger partial charge is 0.370 e. The van der Waals surface area contributed by atoms with Gasteiger partial charge >= 0.3 is 0 Å². The molecule has 0 amide bonds. The molecule has 2 heteroatoms. The first-order valence-corrected chi connectivity index (χ1v) is 3.70. The molecule has 2 nitrogen and oxygen atoms in total.